The van der Waals surface area contributed by atoms with E-state index < -0.39 is 0 Å². The van der Waals surface area contributed by atoms with Gasteiger partial charge in [0.05, 0.1) is 6.54 Å². The van der Waals surface area contributed by atoms with E-state index in [1.54, 1.807) is 0 Å². The minimum Gasteiger partial charge on any atom is -0.302 e. The summed E-state index contributed by atoms with van der Waals surface area (Å²) in [6.45, 7) is 0.589. The summed E-state index contributed by atoms with van der Waals surface area (Å²) in [7, 11) is 2.02. The number of likely N-dealkylation sites (N-methyl/N-ethyl adjacent to an activating group) is 1. The molecule has 1 rings (SSSR count). The molecule has 0 radical (unpaired) electrons. The highest BCUT2D eigenvalue weighted by atomic mass is 32.2. The van der Waals surface area contributed by atoms with E-state index in [0.29, 0.717) is 12.6 Å². The highest BCUT2D eigenvalue weighted by Crippen LogP contribution is 2.20. The molecule has 0 spiro atoms. The molecule has 2 nitrogen and oxygen atoms in total. The molecule has 1 unspecified atom stereocenters. The standard InChI is InChI=1S/C7H13NOS/c1-8(3-4-9)7-2-5-10-6-7/h4,7H,2-3,5-6H2,1H3. The van der Waals surface area contributed by atoms with Gasteiger partial charge in [-0.2, -0.15) is 11.8 Å². The van der Waals surface area contributed by atoms with Crippen molar-refractivity contribution < 1.29 is 4.79 Å². The van der Waals surface area contributed by atoms with Gasteiger partial charge in [-0.3, -0.25) is 4.90 Å². The van der Waals surface area contributed by atoms with Crippen molar-refractivity contribution in [1.29, 1.82) is 0 Å². The molecule has 10 heavy (non-hydrogen) atoms. The van der Waals surface area contributed by atoms with E-state index in [1.165, 1.54) is 17.9 Å². The van der Waals surface area contributed by atoms with Crippen LogP contribution in [0.1, 0.15) is 6.42 Å². The Morgan fingerprint density at radius 1 is 1.80 bits per heavy atom. The average Bonchev–Trinajstić information content (AvgIpc) is 2.38. The zero-order chi connectivity index (χ0) is 7.40. The summed E-state index contributed by atoms with van der Waals surface area (Å²) in [6, 6.07) is 0.648. The Hall–Kier alpha value is -0.0200. The quantitative estimate of drug-likeness (QED) is 0.563. The smallest absolute Gasteiger partial charge is 0.133 e. The molecule has 1 heterocycles. The number of aldehydes is 1. The van der Waals surface area contributed by atoms with Crippen LogP contribution in [-0.2, 0) is 4.79 Å². The topological polar surface area (TPSA) is 20.3 Å². The van der Waals surface area contributed by atoms with E-state index >= 15 is 0 Å². The summed E-state index contributed by atoms with van der Waals surface area (Å²) in [4.78, 5) is 12.3. The van der Waals surface area contributed by atoms with Gasteiger partial charge in [0.2, 0.25) is 0 Å². The van der Waals surface area contributed by atoms with Crippen LogP contribution in [0.3, 0.4) is 0 Å². The monoisotopic (exact) mass is 159 g/mol. The van der Waals surface area contributed by atoms with Gasteiger partial charge in [-0.1, -0.05) is 0 Å². The molecular formula is C7H13NOS. The maximum absolute atomic E-state index is 10.1. The summed E-state index contributed by atoms with van der Waals surface area (Å²) in [5.41, 5.74) is 0. The van der Waals surface area contributed by atoms with E-state index in [-0.39, 0.29) is 0 Å². The van der Waals surface area contributed by atoms with Gasteiger partial charge in [0, 0.05) is 11.8 Å². The maximum Gasteiger partial charge on any atom is 0.133 e. The van der Waals surface area contributed by atoms with Crippen LogP contribution in [0, 0.1) is 0 Å². The van der Waals surface area contributed by atoms with E-state index in [2.05, 4.69) is 4.90 Å². The average molecular weight is 159 g/mol. The highest BCUT2D eigenvalue weighted by Gasteiger charge is 2.18. The van der Waals surface area contributed by atoms with Crippen molar-refractivity contribution in [2.75, 3.05) is 25.1 Å². The van der Waals surface area contributed by atoms with Gasteiger partial charge < -0.3 is 4.79 Å². The minimum absolute atomic E-state index is 0.589. The van der Waals surface area contributed by atoms with Crippen molar-refractivity contribution in [2.45, 2.75) is 12.5 Å². The van der Waals surface area contributed by atoms with Gasteiger partial charge in [-0.15, -0.1) is 0 Å². The molecule has 1 atom stereocenters. The van der Waals surface area contributed by atoms with Gasteiger partial charge >= 0.3 is 0 Å². The minimum atomic E-state index is 0.589. The lowest BCUT2D eigenvalue weighted by molar-refractivity contribution is -0.108. The molecule has 0 aromatic heterocycles. The lowest BCUT2D eigenvalue weighted by atomic mass is 10.2. The van der Waals surface area contributed by atoms with Crippen molar-refractivity contribution in [3.05, 3.63) is 0 Å². The fourth-order valence-electron chi connectivity index (χ4n) is 1.14. The van der Waals surface area contributed by atoms with Crippen molar-refractivity contribution >= 4 is 18.0 Å². The summed E-state index contributed by atoms with van der Waals surface area (Å²) in [5, 5.41) is 0. The zero-order valence-electron chi connectivity index (χ0n) is 6.25. The van der Waals surface area contributed by atoms with E-state index in [4.69, 9.17) is 0 Å². The van der Waals surface area contributed by atoms with E-state index in [0.717, 1.165) is 6.29 Å². The number of thioether (sulfide) groups is 1. The first-order valence-corrected chi connectivity index (χ1v) is 4.71. The summed E-state index contributed by atoms with van der Waals surface area (Å²) >= 11 is 1.98. The molecule has 58 valence electrons. The molecule has 0 saturated carbocycles. The Balaban J connectivity index is 2.24. The predicted molar refractivity (Wildman–Crippen MR) is 44.4 cm³/mol. The van der Waals surface area contributed by atoms with Crippen LogP contribution >= 0.6 is 11.8 Å². The second kappa shape index (κ2) is 3.98. The third kappa shape index (κ3) is 1.99. The van der Waals surface area contributed by atoms with E-state index in [1.807, 2.05) is 18.8 Å². The van der Waals surface area contributed by atoms with Crippen LogP contribution in [0.4, 0.5) is 0 Å². The Labute approximate surface area is 66.0 Å². The molecule has 1 saturated heterocycles. The highest BCUT2D eigenvalue weighted by molar-refractivity contribution is 7.99. The first-order valence-electron chi connectivity index (χ1n) is 3.56. The van der Waals surface area contributed by atoms with Crippen LogP contribution in [0.25, 0.3) is 0 Å². The van der Waals surface area contributed by atoms with Crippen LogP contribution in [0.2, 0.25) is 0 Å². The SMILES string of the molecule is CN(CC=O)C1CCSC1. The summed E-state index contributed by atoms with van der Waals surface area (Å²) < 4.78 is 0. The number of nitrogens with zero attached hydrogens (tertiary/aromatic N) is 1. The fourth-order valence-corrected chi connectivity index (χ4v) is 2.43. The molecule has 0 N–H and O–H groups in total. The largest absolute Gasteiger partial charge is 0.302 e. The molecule has 3 heteroatoms. The number of rotatable bonds is 3. The maximum atomic E-state index is 10.1. The third-order valence-electron chi connectivity index (χ3n) is 1.89. The van der Waals surface area contributed by atoms with Crippen molar-refractivity contribution in [2.24, 2.45) is 0 Å². The molecule has 1 aliphatic heterocycles. The first-order chi connectivity index (χ1) is 4.84. The van der Waals surface area contributed by atoms with Crippen LogP contribution in [0.15, 0.2) is 0 Å². The lowest BCUT2D eigenvalue weighted by Crippen LogP contribution is -2.32. The molecule has 0 aromatic carbocycles. The molecule has 0 amide bonds. The van der Waals surface area contributed by atoms with Gasteiger partial charge in [-0.05, 0) is 19.2 Å². The van der Waals surface area contributed by atoms with Crippen molar-refractivity contribution in [3.63, 3.8) is 0 Å². The Kier molecular flexibility index (Phi) is 3.22. The van der Waals surface area contributed by atoms with Crippen molar-refractivity contribution in [3.8, 4) is 0 Å². The fraction of sp³-hybridized carbons (Fsp3) is 0.857. The Bertz CT molecular complexity index is 112. The second-order valence-electron chi connectivity index (χ2n) is 2.62. The number of hydrogen-bond donors (Lipinski definition) is 0. The molecular weight excluding hydrogens is 146 g/mol. The molecule has 1 fully saturated rings. The van der Waals surface area contributed by atoms with Gasteiger partial charge in [0.1, 0.15) is 6.29 Å². The van der Waals surface area contributed by atoms with Crippen LogP contribution < -0.4 is 0 Å². The third-order valence-corrected chi connectivity index (χ3v) is 3.04. The Morgan fingerprint density at radius 3 is 3.10 bits per heavy atom. The van der Waals surface area contributed by atoms with Gasteiger partial charge in [0.15, 0.2) is 0 Å². The van der Waals surface area contributed by atoms with Crippen LogP contribution in [0.5, 0.6) is 0 Å². The Morgan fingerprint density at radius 2 is 2.60 bits per heavy atom. The lowest BCUT2D eigenvalue weighted by Gasteiger charge is -2.19. The van der Waals surface area contributed by atoms with E-state index in [9.17, 15) is 4.79 Å². The molecule has 1 aliphatic rings. The zero-order valence-corrected chi connectivity index (χ0v) is 7.06. The summed E-state index contributed by atoms with van der Waals surface area (Å²) in [6.07, 6.45) is 2.22. The number of hydrogen-bond acceptors (Lipinski definition) is 3. The normalized spacial score (nSPS) is 25.6. The molecule has 0 aliphatic carbocycles. The first kappa shape index (κ1) is 8.08. The second-order valence-corrected chi connectivity index (χ2v) is 3.77. The molecule has 0 aromatic rings. The number of carbonyl (C=O) groups is 1. The predicted octanol–water partition coefficient (Wildman–Crippen LogP) is 0.623. The van der Waals surface area contributed by atoms with Crippen molar-refractivity contribution in [1.82, 2.24) is 4.90 Å². The number of carbonyl (C=O) groups excluding carboxylic acids is 1. The van der Waals surface area contributed by atoms with Gasteiger partial charge in [-0.25, -0.2) is 0 Å². The van der Waals surface area contributed by atoms with Crippen LogP contribution in [-0.4, -0.2) is 42.3 Å². The van der Waals surface area contributed by atoms with Gasteiger partial charge in [0.25, 0.3) is 0 Å². The molecule has 0 bridgehead atoms. The summed E-state index contributed by atoms with van der Waals surface area (Å²) in [5.74, 6) is 2.46.